The number of rotatable bonds is 4. The molecule has 122 valence electrons. The van der Waals surface area contributed by atoms with E-state index in [-0.39, 0.29) is 5.91 Å². The average molecular weight is 302 g/mol. The van der Waals surface area contributed by atoms with E-state index in [1.54, 1.807) is 0 Å². The van der Waals surface area contributed by atoms with E-state index in [2.05, 4.69) is 43.5 Å². The van der Waals surface area contributed by atoms with Crippen molar-refractivity contribution in [1.29, 1.82) is 0 Å². The second-order valence-electron chi connectivity index (χ2n) is 7.62. The van der Waals surface area contributed by atoms with Crippen molar-refractivity contribution in [2.24, 2.45) is 11.3 Å². The summed E-state index contributed by atoms with van der Waals surface area (Å²) in [6, 6.07) is 8.74. The molecule has 1 fully saturated rings. The molecule has 0 heterocycles. The Kier molecular flexibility index (Phi) is 5.63. The van der Waals surface area contributed by atoms with Crippen LogP contribution in [-0.2, 0) is 11.3 Å². The van der Waals surface area contributed by atoms with E-state index in [9.17, 15) is 4.79 Å². The molecule has 0 spiro atoms. The van der Waals surface area contributed by atoms with Crippen LogP contribution < -0.4 is 10.6 Å². The average Bonchev–Trinajstić information content (AvgIpc) is 2.45. The first-order valence-electron chi connectivity index (χ1n) is 8.46. The monoisotopic (exact) mass is 302 g/mol. The topological polar surface area (TPSA) is 41.1 Å². The molecule has 1 aromatic carbocycles. The highest BCUT2D eigenvalue weighted by Gasteiger charge is 2.33. The molecule has 0 bridgehead atoms. The van der Waals surface area contributed by atoms with Crippen molar-refractivity contribution >= 4 is 11.6 Å². The van der Waals surface area contributed by atoms with Crippen LogP contribution in [0.3, 0.4) is 0 Å². The molecule has 0 radical (unpaired) electrons. The van der Waals surface area contributed by atoms with Crippen LogP contribution in [0, 0.1) is 11.3 Å². The van der Waals surface area contributed by atoms with Crippen LogP contribution in [0.25, 0.3) is 0 Å². The van der Waals surface area contributed by atoms with Crippen LogP contribution >= 0.6 is 0 Å². The van der Waals surface area contributed by atoms with Gasteiger partial charge in [-0.1, -0.05) is 45.7 Å². The molecule has 1 aliphatic carbocycles. The van der Waals surface area contributed by atoms with E-state index in [4.69, 9.17) is 0 Å². The van der Waals surface area contributed by atoms with Gasteiger partial charge in [0.1, 0.15) is 0 Å². The number of benzene rings is 1. The number of carbonyl (C=O) groups is 1. The zero-order chi connectivity index (χ0) is 16.2. The van der Waals surface area contributed by atoms with Gasteiger partial charge in [-0.05, 0) is 41.9 Å². The molecule has 3 heteroatoms. The molecule has 0 aliphatic heterocycles. The highest BCUT2D eigenvalue weighted by molar-refractivity contribution is 5.88. The first-order chi connectivity index (χ1) is 10.4. The maximum atomic E-state index is 11.0. The summed E-state index contributed by atoms with van der Waals surface area (Å²) in [7, 11) is 0. The van der Waals surface area contributed by atoms with Gasteiger partial charge in [-0.15, -0.1) is 0 Å². The van der Waals surface area contributed by atoms with Crippen LogP contribution in [0.15, 0.2) is 24.3 Å². The lowest BCUT2D eigenvalue weighted by Crippen LogP contribution is -2.43. The summed E-state index contributed by atoms with van der Waals surface area (Å²) < 4.78 is 0. The van der Waals surface area contributed by atoms with E-state index in [1.165, 1.54) is 38.2 Å². The van der Waals surface area contributed by atoms with Gasteiger partial charge in [-0.3, -0.25) is 4.79 Å². The van der Waals surface area contributed by atoms with E-state index in [0.717, 1.165) is 18.2 Å². The van der Waals surface area contributed by atoms with Crippen LogP contribution in [-0.4, -0.2) is 11.9 Å². The zero-order valence-corrected chi connectivity index (χ0v) is 14.4. The minimum absolute atomic E-state index is 0.0268. The minimum Gasteiger partial charge on any atom is -0.326 e. The lowest BCUT2D eigenvalue weighted by molar-refractivity contribution is -0.114. The van der Waals surface area contributed by atoms with Crippen molar-refractivity contribution in [3.63, 3.8) is 0 Å². The fraction of sp³-hybridized carbons (Fsp3) is 0.632. The van der Waals surface area contributed by atoms with Crippen molar-refractivity contribution in [3.8, 4) is 0 Å². The lowest BCUT2D eigenvalue weighted by Gasteiger charge is -2.41. The van der Waals surface area contributed by atoms with Crippen molar-refractivity contribution in [3.05, 3.63) is 29.8 Å². The Morgan fingerprint density at radius 3 is 2.36 bits per heavy atom. The molecule has 1 amide bonds. The summed E-state index contributed by atoms with van der Waals surface area (Å²) in [5, 5.41) is 6.57. The molecule has 0 unspecified atom stereocenters. The maximum absolute atomic E-state index is 11.0. The van der Waals surface area contributed by atoms with Gasteiger partial charge in [0.2, 0.25) is 5.91 Å². The molecule has 0 aromatic heterocycles. The van der Waals surface area contributed by atoms with Gasteiger partial charge < -0.3 is 10.6 Å². The molecule has 1 saturated carbocycles. The zero-order valence-electron chi connectivity index (χ0n) is 14.4. The van der Waals surface area contributed by atoms with E-state index in [0.29, 0.717) is 11.5 Å². The number of anilines is 1. The third-order valence-corrected chi connectivity index (χ3v) is 4.72. The predicted octanol–water partition coefficient (Wildman–Crippen LogP) is 4.34. The standard InChI is InChI=1S/C19H30N2O/c1-14(22)21-16-11-9-15(10-12-16)13-20-18-8-6-5-7-17(18)19(2,3)4/h9-12,17-18,20H,5-8,13H2,1-4H3,(H,21,22)/t17-,18+/m1/s1. The van der Waals surface area contributed by atoms with Gasteiger partial charge in [0.15, 0.2) is 0 Å². The van der Waals surface area contributed by atoms with Crippen molar-refractivity contribution < 1.29 is 4.79 Å². The molecule has 2 rings (SSSR count). The second kappa shape index (κ2) is 7.28. The van der Waals surface area contributed by atoms with Crippen molar-refractivity contribution in [1.82, 2.24) is 5.32 Å². The molecular formula is C19H30N2O. The van der Waals surface area contributed by atoms with E-state index >= 15 is 0 Å². The Morgan fingerprint density at radius 2 is 1.77 bits per heavy atom. The summed E-state index contributed by atoms with van der Waals surface area (Å²) in [5.41, 5.74) is 2.50. The number of hydrogen-bond donors (Lipinski definition) is 2. The molecule has 22 heavy (non-hydrogen) atoms. The number of hydrogen-bond acceptors (Lipinski definition) is 2. The molecule has 0 saturated heterocycles. The summed E-state index contributed by atoms with van der Waals surface area (Å²) in [5.74, 6) is 0.723. The molecule has 2 atom stereocenters. The Bertz CT molecular complexity index is 487. The Morgan fingerprint density at radius 1 is 1.14 bits per heavy atom. The van der Waals surface area contributed by atoms with E-state index in [1.807, 2.05) is 12.1 Å². The summed E-state index contributed by atoms with van der Waals surface area (Å²) in [6.45, 7) is 9.52. The highest BCUT2D eigenvalue weighted by atomic mass is 16.1. The second-order valence-corrected chi connectivity index (χ2v) is 7.62. The van der Waals surface area contributed by atoms with Crippen LogP contribution in [0.4, 0.5) is 5.69 Å². The number of carbonyl (C=O) groups excluding carboxylic acids is 1. The SMILES string of the molecule is CC(=O)Nc1ccc(CN[C@H]2CCCC[C@H]2C(C)(C)C)cc1. The van der Waals surface area contributed by atoms with Crippen LogP contribution in [0.1, 0.15) is 58.9 Å². The molecule has 3 nitrogen and oxygen atoms in total. The van der Waals surface area contributed by atoms with Gasteiger partial charge in [0.25, 0.3) is 0 Å². The van der Waals surface area contributed by atoms with Gasteiger partial charge in [0.05, 0.1) is 0 Å². The third kappa shape index (κ3) is 4.84. The minimum atomic E-state index is -0.0268. The summed E-state index contributed by atoms with van der Waals surface area (Å²) in [4.78, 5) is 11.0. The predicted molar refractivity (Wildman–Crippen MR) is 92.8 cm³/mol. The smallest absolute Gasteiger partial charge is 0.221 e. The molecule has 1 aliphatic rings. The van der Waals surface area contributed by atoms with Gasteiger partial charge in [-0.2, -0.15) is 0 Å². The van der Waals surface area contributed by atoms with Gasteiger partial charge in [-0.25, -0.2) is 0 Å². The Balaban J connectivity index is 1.92. The summed E-state index contributed by atoms with van der Waals surface area (Å²) >= 11 is 0. The Hall–Kier alpha value is -1.35. The largest absolute Gasteiger partial charge is 0.326 e. The van der Waals surface area contributed by atoms with Crippen LogP contribution in [0.2, 0.25) is 0 Å². The fourth-order valence-corrected chi connectivity index (χ4v) is 3.57. The maximum Gasteiger partial charge on any atom is 0.221 e. The van der Waals surface area contributed by atoms with Crippen molar-refractivity contribution in [2.45, 2.75) is 66.0 Å². The number of nitrogens with one attached hydrogen (secondary N) is 2. The van der Waals surface area contributed by atoms with Crippen LogP contribution in [0.5, 0.6) is 0 Å². The van der Waals surface area contributed by atoms with Gasteiger partial charge in [0, 0.05) is 25.2 Å². The first-order valence-corrected chi connectivity index (χ1v) is 8.46. The quantitative estimate of drug-likeness (QED) is 0.868. The lowest BCUT2D eigenvalue weighted by atomic mass is 9.69. The summed E-state index contributed by atoms with van der Waals surface area (Å²) in [6.07, 6.45) is 5.33. The third-order valence-electron chi connectivity index (χ3n) is 4.72. The molecular weight excluding hydrogens is 272 g/mol. The fourth-order valence-electron chi connectivity index (χ4n) is 3.57. The molecule has 2 N–H and O–H groups in total. The number of amides is 1. The first kappa shape index (κ1) is 17.0. The van der Waals surface area contributed by atoms with Gasteiger partial charge >= 0.3 is 0 Å². The molecule has 1 aromatic rings. The normalized spacial score (nSPS) is 22.4. The Labute approximate surface area is 134 Å². The van der Waals surface area contributed by atoms with E-state index < -0.39 is 0 Å². The van der Waals surface area contributed by atoms with Crippen molar-refractivity contribution in [2.75, 3.05) is 5.32 Å². The highest BCUT2D eigenvalue weighted by Crippen LogP contribution is 2.38.